The molecule has 6 nitrogen and oxygen atoms in total. The van der Waals surface area contributed by atoms with Gasteiger partial charge < -0.3 is 9.47 Å². The summed E-state index contributed by atoms with van der Waals surface area (Å²) in [5.41, 5.74) is 3.39. The van der Waals surface area contributed by atoms with Crippen LogP contribution in [0, 0.1) is 12.8 Å². The van der Waals surface area contributed by atoms with E-state index in [4.69, 9.17) is 9.47 Å². The van der Waals surface area contributed by atoms with Crippen LogP contribution in [-0.4, -0.2) is 34.8 Å². The normalized spacial score (nSPS) is 11.3. The number of benzene rings is 2. The van der Waals surface area contributed by atoms with Crippen molar-refractivity contribution in [1.29, 1.82) is 0 Å². The molecular formula is C22H26N4O2S. The van der Waals surface area contributed by atoms with Crippen LogP contribution in [0.4, 0.5) is 0 Å². The summed E-state index contributed by atoms with van der Waals surface area (Å²) in [5, 5.41) is 13.4. The minimum atomic E-state index is 0.450. The first kappa shape index (κ1) is 20.9. The zero-order chi connectivity index (χ0) is 20.6. The first-order valence-corrected chi connectivity index (χ1v) is 10.5. The molecule has 0 radical (unpaired) electrons. The monoisotopic (exact) mass is 410 g/mol. The van der Waals surface area contributed by atoms with Crippen molar-refractivity contribution >= 4 is 18.0 Å². The van der Waals surface area contributed by atoms with Gasteiger partial charge in [-0.25, -0.2) is 0 Å². The fourth-order valence-corrected chi connectivity index (χ4v) is 3.31. The van der Waals surface area contributed by atoms with E-state index in [1.165, 1.54) is 11.1 Å². The second-order valence-corrected chi connectivity index (χ2v) is 8.03. The minimum Gasteiger partial charge on any atom is -0.493 e. The third-order valence-corrected chi connectivity index (χ3v) is 5.08. The summed E-state index contributed by atoms with van der Waals surface area (Å²) in [7, 11) is 1.64. The van der Waals surface area contributed by atoms with E-state index in [1.54, 1.807) is 36.1 Å². The molecule has 0 saturated carbocycles. The average Bonchev–Trinajstić information content (AvgIpc) is 3.18. The molecule has 1 heterocycles. The van der Waals surface area contributed by atoms with Gasteiger partial charge in [0, 0.05) is 5.75 Å². The smallest absolute Gasteiger partial charge is 0.212 e. The Morgan fingerprint density at radius 2 is 1.93 bits per heavy atom. The fraction of sp³-hybridized carbons (Fsp3) is 0.318. The van der Waals surface area contributed by atoms with Crippen LogP contribution in [0.25, 0.3) is 0 Å². The third-order valence-electron chi connectivity index (χ3n) is 4.08. The van der Waals surface area contributed by atoms with E-state index in [9.17, 15) is 0 Å². The first-order valence-electron chi connectivity index (χ1n) is 9.48. The Morgan fingerprint density at radius 3 is 2.66 bits per heavy atom. The van der Waals surface area contributed by atoms with Gasteiger partial charge in [0.05, 0.1) is 19.9 Å². The Balaban J connectivity index is 1.67. The lowest BCUT2D eigenvalue weighted by atomic mass is 10.2. The standard InChI is InChI=1S/C22H26N4O2S/c1-16(2)13-28-20-10-9-19(11-21(20)27-4)12-24-26-15-23-25-22(26)29-14-18-7-5-17(3)6-8-18/h5-12,15-16H,13-14H2,1-4H3/b24-12-. The van der Waals surface area contributed by atoms with Crippen molar-refractivity contribution in [1.82, 2.24) is 14.9 Å². The molecule has 152 valence electrons. The molecule has 0 fully saturated rings. The minimum absolute atomic E-state index is 0.450. The molecule has 0 aliphatic heterocycles. The lowest BCUT2D eigenvalue weighted by molar-refractivity contribution is 0.257. The lowest BCUT2D eigenvalue weighted by Gasteiger charge is -2.12. The van der Waals surface area contributed by atoms with Crippen molar-refractivity contribution in [2.45, 2.75) is 31.7 Å². The van der Waals surface area contributed by atoms with Crippen LogP contribution in [0.15, 0.2) is 59.0 Å². The highest BCUT2D eigenvalue weighted by molar-refractivity contribution is 7.98. The van der Waals surface area contributed by atoms with Crippen LogP contribution in [0.3, 0.4) is 0 Å². The second-order valence-electron chi connectivity index (χ2n) is 7.09. The molecule has 1 aromatic heterocycles. The molecule has 0 aliphatic rings. The number of hydrogen-bond acceptors (Lipinski definition) is 6. The summed E-state index contributed by atoms with van der Waals surface area (Å²) in [6, 6.07) is 14.2. The Labute approximate surface area is 176 Å². The van der Waals surface area contributed by atoms with Gasteiger partial charge >= 0.3 is 0 Å². The van der Waals surface area contributed by atoms with Crippen molar-refractivity contribution in [2.24, 2.45) is 11.0 Å². The van der Waals surface area contributed by atoms with Crippen molar-refractivity contribution in [3.8, 4) is 11.5 Å². The summed E-state index contributed by atoms with van der Waals surface area (Å²) < 4.78 is 12.9. The summed E-state index contributed by atoms with van der Waals surface area (Å²) in [6.45, 7) is 6.95. The van der Waals surface area contributed by atoms with Gasteiger partial charge in [0.15, 0.2) is 11.5 Å². The third kappa shape index (κ3) is 6.09. The van der Waals surface area contributed by atoms with Gasteiger partial charge in [-0.1, -0.05) is 55.4 Å². The predicted molar refractivity (Wildman–Crippen MR) is 117 cm³/mol. The van der Waals surface area contributed by atoms with Gasteiger partial charge in [-0.2, -0.15) is 9.78 Å². The topological polar surface area (TPSA) is 61.5 Å². The van der Waals surface area contributed by atoms with Gasteiger partial charge in [0.25, 0.3) is 0 Å². The molecule has 2 aromatic carbocycles. The highest BCUT2D eigenvalue weighted by atomic mass is 32.2. The van der Waals surface area contributed by atoms with Gasteiger partial charge in [-0.15, -0.1) is 10.2 Å². The number of aromatic nitrogens is 3. The van der Waals surface area contributed by atoms with Crippen molar-refractivity contribution in [3.63, 3.8) is 0 Å². The molecular weight excluding hydrogens is 384 g/mol. The number of ether oxygens (including phenoxy) is 2. The van der Waals surface area contributed by atoms with E-state index in [0.29, 0.717) is 18.3 Å². The highest BCUT2D eigenvalue weighted by Crippen LogP contribution is 2.28. The van der Waals surface area contributed by atoms with Gasteiger partial charge in [0.1, 0.15) is 6.33 Å². The number of aryl methyl sites for hydroxylation is 1. The number of rotatable bonds is 9. The first-order chi connectivity index (χ1) is 14.0. The van der Waals surface area contributed by atoms with Crippen LogP contribution in [0.1, 0.15) is 30.5 Å². The molecule has 0 aliphatic carbocycles. The number of nitrogens with zero attached hydrogens (tertiary/aromatic N) is 4. The van der Waals surface area contributed by atoms with Crippen molar-refractivity contribution < 1.29 is 9.47 Å². The van der Waals surface area contributed by atoms with Crippen LogP contribution in [0.5, 0.6) is 11.5 Å². The molecule has 7 heteroatoms. The van der Waals surface area contributed by atoms with E-state index in [0.717, 1.165) is 22.2 Å². The molecule has 0 unspecified atom stereocenters. The Hall–Kier alpha value is -2.80. The number of methoxy groups -OCH3 is 1. The van der Waals surface area contributed by atoms with E-state index in [1.807, 2.05) is 18.2 Å². The molecule has 0 atom stereocenters. The molecule has 0 N–H and O–H groups in total. The SMILES string of the molecule is COc1cc(/C=N\n2cnnc2SCc2ccc(C)cc2)ccc1OCC(C)C. The molecule has 29 heavy (non-hydrogen) atoms. The summed E-state index contributed by atoms with van der Waals surface area (Å²) in [5.74, 6) is 2.68. The van der Waals surface area contributed by atoms with Gasteiger partial charge in [-0.3, -0.25) is 0 Å². The molecule has 0 spiro atoms. The van der Waals surface area contributed by atoms with E-state index in [2.05, 4.69) is 60.3 Å². The summed E-state index contributed by atoms with van der Waals surface area (Å²) in [4.78, 5) is 0. The Morgan fingerprint density at radius 1 is 1.14 bits per heavy atom. The Kier molecular flexibility index (Phi) is 7.30. The highest BCUT2D eigenvalue weighted by Gasteiger charge is 2.07. The van der Waals surface area contributed by atoms with E-state index >= 15 is 0 Å². The average molecular weight is 411 g/mol. The summed E-state index contributed by atoms with van der Waals surface area (Å²) >= 11 is 1.60. The maximum absolute atomic E-state index is 5.80. The largest absolute Gasteiger partial charge is 0.493 e. The lowest BCUT2D eigenvalue weighted by Crippen LogP contribution is -2.05. The van der Waals surface area contributed by atoms with Crippen LogP contribution in [-0.2, 0) is 5.75 Å². The number of thioether (sulfide) groups is 1. The zero-order valence-electron chi connectivity index (χ0n) is 17.2. The maximum atomic E-state index is 5.80. The molecule has 3 aromatic rings. The van der Waals surface area contributed by atoms with Gasteiger partial charge in [-0.05, 0) is 42.2 Å². The van der Waals surface area contributed by atoms with Crippen LogP contribution in [0.2, 0.25) is 0 Å². The number of hydrogen-bond donors (Lipinski definition) is 0. The second kappa shape index (κ2) is 10.1. The quantitative estimate of drug-likeness (QED) is 0.374. The zero-order valence-corrected chi connectivity index (χ0v) is 18.0. The fourth-order valence-electron chi connectivity index (χ4n) is 2.49. The van der Waals surface area contributed by atoms with Crippen LogP contribution >= 0.6 is 11.8 Å². The maximum Gasteiger partial charge on any atom is 0.212 e. The van der Waals surface area contributed by atoms with E-state index in [-0.39, 0.29) is 0 Å². The van der Waals surface area contributed by atoms with Crippen molar-refractivity contribution in [2.75, 3.05) is 13.7 Å². The van der Waals surface area contributed by atoms with E-state index < -0.39 is 0 Å². The Bertz CT molecular complexity index is 952. The van der Waals surface area contributed by atoms with Crippen LogP contribution < -0.4 is 9.47 Å². The van der Waals surface area contributed by atoms with Gasteiger partial charge in [0.2, 0.25) is 5.16 Å². The van der Waals surface area contributed by atoms with Crippen molar-refractivity contribution in [3.05, 3.63) is 65.5 Å². The predicted octanol–water partition coefficient (Wildman–Crippen LogP) is 4.80. The molecule has 0 bridgehead atoms. The molecule has 0 saturated heterocycles. The molecule has 3 rings (SSSR count). The molecule has 0 amide bonds. The summed E-state index contributed by atoms with van der Waals surface area (Å²) in [6.07, 6.45) is 3.36.